The van der Waals surface area contributed by atoms with Crippen molar-refractivity contribution in [3.05, 3.63) is 29.3 Å². The van der Waals surface area contributed by atoms with Crippen molar-refractivity contribution in [2.75, 3.05) is 31.1 Å². The van der Waals surface area contributed by atoms with E-state index in [1.54, 1.807) is 13.0 Å². The second-order valence-electron chi connectivity index (χ2n) is 5.82. The second-order valence-corrected chi connectivity index (χ2v) is 5.82. The summed E-state index contributed by atoms with van der Waals surface area (Å²) in [5, 5.41) is 19.0. The van der Waals surface area contributed by atoms with E-state index in [9.17, 15) is 5.11 Å². The van der Waals surface area contributed by atoms with Crippen molar-refractivity contribution in [3.63, 3.8) is 0 Å². The van der Waals surface area contributed by atoms with Crippen molar-refractivity contribution in [2.24, 2.45) is 0 Å². The van der Waals surface area contributed by atoms with E-state index >= 15 is 0 Å². The molecule has 0 bridgehead atoms. The van der Waals surface area contributed by atoms with Crippen molar-refractivity contribution < 1.29 is 5.11 Å². The van der Waals surface area contributed by atoms with Crippen molar-refractivity contribution in [3.8, 4) is 6.07 Å². The van der Waals surface area contributed by atoms with E-state index in [1.165, 1.54) is 12.8 Å². The van der Waals surface area contributed by atoms with E-state index in [0.717, 1.165) is 43.5 Å². The summed E-state index contributed by atoms with van der Waals surface area (Å²) in [4.78, 5) is 4.87. The Labute approximate surface area is 120 Å². The van der Waals surface area contributed by atoms with Gasteiger partial charge in [-0.15, -0.1) is 0 Å². The molecule has 20 heavy (non-hydrogen) atoms. The summed E-state index contributed by atoms with van der Waals surface area (Å²) in [7, 11) is 0. The van der Waals surface area contributed by atoms with Crippen LogP contribution in [0.25, 0.3) is 0 Å². The average Bonchev–Trinajstić information content (AvgIpc) is 3.31. The monoisotopic (exact) mass is 271 g/mol. The lowest BCUT2D eigenvalue weighted by Crippen LogP contribution is -2.47. The number of piperazine rings is 1. The maximum atomic E-state index is 9.93. The Balaban J connectivity index is 1.80. The topological polar surface area (TPSA) is 50.5 Å². The summed E-state index contributed by atoms with van der Waals surface area (Å²) >= 11 is 0. The molecule has 0 aromatic heterocycles. The third-order valence-corrected chi connectivity index (χ3v) is 4.33. The van der Waals surface area contributed by atoms with E-state index in [0.29, 0.717) is 5.56 Å². The van der Waals surface area contributed by atoms with E-state index < -0.39 is 6.10 Å². The van der Waals surface area contributed by atoms with Crippen LogP contribution >= 0.6 is 0 Å². The lowest BCUT2D eigenvalue weighted by Gasteiger charge is -2.37. The molecule has 2 aliphatic rings. The highest BCUT2D eigenvalue weighted by Gasteiger charge is 2.31. The van der Waals surface area contributed by atoms with Gasteiger partial charge in [-0.1, -0.05) is 6.07 Å². The first-order valence-corrected chi connectivity index (χ1v) is 7.40. The highest BCUT2D eigenvalue weighted by atomic mass is 16.3. The van der Waals surface area contributed by atoms with Gasteiger partial charge >= 0.3 is 0 Å². The molecule has 1 aromatic rings. The lowest BCUT2D eigenvalue weighted by atomic mass is 10.0. The Hall–Kier alpha value is -1.57. The van der Waals surface area contributed by atoms with Crippen LogP contribution in [0.2, 0.25) is 0 Å². The van der Waals surface area contributed by atoms with Gasteiger partial charge in [0.1, 0.15) is 0 Å². The predicted octanol–water partition coefficient (Wildman–Crippen LogP) is 1.90. The molecule has 1 aliphatic heterocycles. The van der Waals surface area contributed by atoms with Crippen LogP contribution in [-0.2, 0) is 0 Å². The maximum absolute atomic E-state index is 9.93. The molecule has 1 atom stereocenters. The average molecular weight is 271 g/mol. The number of nitriles is 1. The molecule has 1 saturated carbocycles. The molecule has 0 radical (unpaired) electrons. The van der Waals surface area contributed by atoms with E-state index in [1.807, 2.05) is 12.1 Å². The van der Waals surface area contributed by atoms with E-state index in [2.05, 4.69) is 15.9 Å². The fourth-order valence-electron chi connectivity index (χ4n) is 3.01. The molecule has 1 unspecified atom stereocenters. The fraction of sp³-hybridized carbons (Fsp3) is 0.562. The third kappa shape index (κ3) is 2.65. The van der Waals surface area contributed by atoms with Crippen LogP contribution < -0.4 is 4.90 Å². The molecule has 1 heterocycles. The molecule has 4 nitrogen and oxygen atoms in total. The molecule has 1 saturated heterocycles. The summed E-state index contributed by atoms with van der Waals surface area (Å²) < 4.78 is 0. The lowest BCUT2D eigenvalue weighted by molar-refractivity contribution is 0.198. The number of hydrogen-bond donors (Lipinski definition) is 1. The van der Waals surface area contributed by atoms with Crippen LogP contribution in [0.15, 0.2) is 18.2 Å². The van der Waals surface area contributed by atoms with Gasteiger partial charge in [-0.25, -0.2) is 0 Å². The van der Waals surface area contributed by atoms with Crippen molar-refractivity contribution >= 4 is 5.69 Å². The van der Waals surface area contributed by atoms with Gasteiger partial charge in [0, 0.05) is 43.5 Å². The fourth-order valence-corrected chi connectivity index (χ4v) is 3.01. The first-order valence-electron chi connectivity index (χ1n) is 7.40. The number of nitrogens with zero attached hydrogens (tertiary/aromatic N) is 3. The molecule has 1 N–H and O–H groups in total. The summed E-state index contributed by atoms with van der Waals surface area (Å²) in [6, 6.07) is 8.59. The zero-order valence-electron chi connectivity index (χ0n) is 11.9. The quantitative estimate of drug-likeness (QED) is 0.912. The minimum absolute atomic E-state index is 0.501. The van der Waals surface area contributed by atoms with Crippen LogP contribution in [0, 0.1) is 11.3 Å². The molecular formula is C16H21N3O. The first-order chi connectivity index (χ1) is 9.69. The number of aliphatic hydroxyl groups is 1. The zero-order valence-corrected chi connectivity index (χ0v) is 11.9. The van der Waals surface area contributed by atoms with Crippen LogP contribution in [0.3, 0.4) is 0 Å². The largest absolute Gasteiger partial charge is 0.389 e. The van der Waals surface area contributed by atoms with Crippen LogP contribution in [0.1, 0.15) is 37.0 Å². The normalized spacial score (nSPS) is 21.6. The molecule has 2 fully saturated rings. The summed E-state index contributed by atoms with van der Waals surface area (Å²) in [6.45, 7) is 5.91. The van der Waals surface area contributed by atoms with Gasteiger partial charge in [0.25, 0.3) is 0 Å². The number of rotatable bonds is 3. The van der Waals surface area contributed by atoms with Crippen molar-refractivity contribution in [1.82, 2.24) is 4.90 Å². The van der Waals surface area contributed by atoms with Crippen LogP contribution in [-0.4, -0.2) is 42.2 Å². The number of benzene rings is 1. The van der Waals surface area contributed by atoms with Gasteiger partial charge in [-0.2, -0.15) is 5.26 Å². The minimum Gasteiger partial charge on any atom is -0.389 e. The Bertz CT molecular complexity index is 523. The molecule has 106 valence electrons. The Morgan fingerprint density at radius 1 is 1.25 bits per heavy atom. The summed E-state index contributed by atoms with van der Waals surface area (Å²) in [6.07, 6.45) is 2.20. The van der Waals surface area contributed by atoms with Gasteiger partial charge < -0.3 is 10.0 Å². The Kier molecular flexibility index (Phi) is 3.64. The van der Waals surface area contributed by atoms with E-state index in [4.69, 9.17) is 5.26 Å². The number of anilines is 1. The van der Waals surface area contributed by atoms with Gasteiger partial charge in [-0.3, -0.25) is 4.90 Å². The minimum atomic E-state index is -0.501. The van der Waals surface area contributed by atoms with Gasteiger partial charge in [0.15, 0.2) is 0 Å². The Morgan fingerprint density at radius 3 is 2.50 bits per heavy atom. The molecule has 0 spiro atoms. The molecule has 0 amide bonds. The molecular weight excluding hydrogens is 250 g/mol. The van der Waals surface area contributed by atoms with E-state index in [-0.39, 0.29) is 0 Å². The maximum Gasteiger partial charge on any atom is 0.0992 e. The van der Waals surface area contributed by atoms with Crippen molar-refractivity contribution in [2.45, 2.75) is 31.9 Å². The standard InChI is InChI=1S/C16H21N3O/c1-12(20)15-5-2-13(11-17)10-16(15)19-8-6-18(7-9-19)14-3-4-14/h2,5,10,12,14,20H,3-4,6-9H2,1H3. The van der Waals surface area contributed by atoms with Gasteiger partial charge in [0.2, 0.25) is 0 Å². The molecule has 4 heteroatoms. The highest BCUT2D eigenvalue weighted by Crippen LogP contribution is 2.31. The van der Waals surface area contributed by atoms with Crippen LogP contribution in [0.4, 0.5) is 5.69 Å². The zero-order chi connectivity index (χ0) is 14.1. The SMILES string of the molecule is CC(O)c1ccc(C#N)cc1N1CCN(C2CC2)CC1. The molecule has 1 aromatic carbocycles. The number of aliphatic hydroxyl groups excluding tert-OH is 1. The van der Waals surface area contributed by atoms with Crippen molar-refractivity contribution in [1.29, 1.82) is 5.26 Å². The smallest absolute Gasteiger partial charge is 0.0992 e. The molecule has 1 aliphatic carbocycles. The van der Waals surface area contributed by atoms with Crippen LogP contribution in [0.5, 0.6) is 0 Å². The van der Waals surface area contributed by atoms with Gasteiger partial charge in [0.05, 0.1) is 17.7 Å². The summed E-state index contributed by atoms with van der Waals surface area (Å²) in [5.74, 6) is 0. The number of hydrogen-bond acceptors (Lipinski definition) is 4. The highest BCUT2D eigenvalue weighted by molar-refractivity contribution is 5.58. The predicted molar refractivity (Wildman–Crippen MR) is 78.6 cm³/mol. The molecule has 3 rings (SSSR count). The first kappa shape index (κ1) is 13.4. The second kappa shape index (κ2) is 5.43. The third-order valence-electron chi connectivity index (χ3n) is 4.33. The van der Waals surface area contributed by atoms with Gasteiger partial charge in [-0.05, 0) is 31.9 Å². The summed E-state index contributed by atoms with van der Waals surface area (Å²) in [5.41, 5.74) is 2.60. The Morgan fingerprint density at radius 2 is 1.95 bits per heavy atom.